The van der Waals surface area contributed by atoms with Crippen LogP contribution in [0.1, 0.15) is 5.69 Å². The highest BCUT2D eigenvalue weighted by molar-refractivity contribution is 5.93. The van der Waals surface area contributed by atoms with Crippen LogP contribution in [0.5, 0.6) is 5.88 Å². The summed E-state index contributed by atoms with van der Waals surface area (Å²) in [5.74, 6) is 0.350. The van der Waals surface area contributed by atoms with Gasteiger partial charge in [0.05, 0.1) is 7.11 Å². The predicted molar refractivity (Wildman–Crippen MR) is 47.2 cm³/mol. The molecule has 0 spiro atoms. The molecule has 0 aliphatic rings. The van der Waals surface area contributed by atoms with Gasteiger partial charge in [0.15, 0.2) is 5.84 Å². The van der Waals surface area contributed by atoms with Gasteiger partial charge in [-0.3, -0.25) is 10.6 Å². The maximum absolute atomic E-state index is 8.97. The van der Waals surface area contributed by atoms with Crippen LogP contribution in [0.15, 0.2) is 18.2 Å². The molecule has 0 aliphatic heterocycles. The summed E-state index contributed by atoms with van der Waals surface area (Å²) >= 11 is 0. The second-order valence-corrected chi connectivity index (χ2v) is 2.44. The number of hydroxylamine groups is 2. The Morgan fingerprint density at radius 1 is 1.62 bits per heavy atom. The number of aromatic nitrogens is 1. The summed E-state index contributed by atoms with van der Waals surface area (Å²) in [5, 5.41) is 17.1. The Balaban J connectivity index is 2.95. The van der Waals surface area contributed by atoms with E-state index in [9.17, 15) is 0 Å². The van der Waals surface area contributed by atoms with Crippen LogP contribution in [0.3, 0.4) is 0 Å². The molecule has 1 heterocycles. The fraction of sp³-hybridized carbons (Fsp3) is 0.250. The number of nitrogens with one attached hydrogen (secondary N) is 1. The molecule has 0 aromatic carbocycles. The van der Waals surface area contributed by atoms with E-state index in [1.54, 1.807) is 18.2 Å². The number of rotatable bonds is 2. The van der Waals surface area contributed by atoms with Crippen molar-refractivity contribution in [2.24, 2.45) is 0 Å². The zero-order valence-electron chi connectivity index (χ0n) is 7.48. The molecule has 5 nitrogen and oxygen atoms in total. The second-order valence-electron chi connectivity index (χ2n) is 2.44. The van der Waals surface area contributed by atoms with Gasteiger partial charge < -0.3 is 4.74 Å². The standard InChI is InChI=1S/C8H11N3O2/c1-11(12)8(9)6-4-3-5-7(10-6)13-2/h3-5,9,12H,1-2H3. The number of methoxy groups -OCH3 is 1. The van der Waals surface area contributed by atoms with E-state index in [1.807, 2.05) is 0 Å². The summed E-state index contributed by atoms with van der Waals surface area (Å²) in [4.78, 5) is 3.96. The van der Waals surface area contributed by atoms with Crippen LogP contribution in [-0.2, 0) is 0 Å². The van der Waals surface area contributed by atoms with Crippen molar-refractivity contribution in [3.05, 3.63) is 23.9 Å². The maximum atomic E-state index is 8.97. The average Bonchev–Trinajstić information content (AvgIpc) is 2.16. The van der Waals surface area contributed by atoms with Crippen molar-refractivity contribution in [2.75, 3.05) is 14.2 Å². The molecule has 0 unspecified atom stereocenters. The third-order valence-electron chi connectivity index (χ3n) is 1.50. The van der Waals surface area contributed by atoms with Crippen LogP contribution >= 0.6 is 0 Å². The molecule has 0 saturated heterocycles. The van der Waals surface area contributed by atoms with Gasteiger partial charge in [-0.1, -0.05) is 6.07 Å². The molecule has 2 N–H and O–H groups in total. The molecule has 13 heavy (non-hydrogen) atoms. The van der Waals surface area contributed by atoms with Crippen LogP contribution in [0.4, 0.5) is 0 Å². The minimum atomic E-state index is -0.0705. The number of hydrogen-bond donors (Lipinski definition) is 2. The highest BCUT2D eigenvalue weighted by atomic mass is 16.5. The van der Waals surface area contributed by atoms with E-state index in [0.29, 0.717) is 16.6 Å². The zero-order valence-corrected chi connectivity index (χ0v) is 7.48. The molecule has 70 valence electrons. The van der Waals surface area contributed by atoms with Gasteiger partial charge in [-0.15, -0.1) is 0 Å². The molecule has 5 heteroatoms. The fourth-order valence-electron chi connectivity index (χ4n) is 0.826. The van der Waals surface area contributed by atoms with Crippen LogP contribution in [0.25, 0.3) is 0 Å². The van der Waals surface area contributed by atoms with Gasteiger partial charge in [0.1, 0.15) is 5.69 Å². The normalized spacial score (nSPS) is 9.46. The molecule has 0 bridgehead atoms. The van der Waals surface area contributed by atoms with Crippen molar-refractivity contribution in [3.8, 4) is 5.88 Å². The lowest BCUT2D eigenvalue weighted by Crippen LogP contribution is -2.23. The van der Waals surface area contributed by atoms with Crippen LogP contribution in [0.2, 0.25) is 0 Å². The van der Waals surface area contributed by atoms with Gasteiger partial charge in [0.25, 0.3) is 0 Å². The van der Waals surface area contributed by atoms with Crippen LogP contribution in [-0.4, -0.2) is 35.2 Å². The van der Waals surface area contributed by atoms with E-state index >= 15 is 0 Å². The summed E-state index contributed by atoms with van der Waals surface area (Å²) < 4.78 is 4.88. The number of ether oxygens (including phenoxy) is 1. The van der Waals surface area contributed by atoms with Crippen molar-refractivity contribution in [2.45, 2.75) is 0 Å². The Kier molecular flexibility index (Phi) is 2.81. The Bertz CT molecular complexity index is 312. The number of hydrogen-bond acceptors (Lipinski definition) is 4. The Hall–Kier alpha value is -1.62. The molecular weight excluding hydrogens is 170 g/mol. The summed E-state index contributed by atoms with van der Waals surface area (Å²) in [6.07, 6.45) is 0. The first-order valence-electron chi connectivity index (χ1n) is 3.67. The highest BCUT2D eigenvalue weighted by Crippen LogP contribution is 2.07. The molecule has 0 amide bonds. The van der Waals surface area contributed by atoms with Crippen LogP contribution < -0.4 is 4.74 Å². The Morgan fingerprint density at radius 3 is 2.85 bits per heavy atom. The third-order valence-corrected chi connectivity index (χ3v) is 1.50. The zero-order chi connectivity index (χ0) is 9.84. The van der Waals surface area contributed by atoms with E-state index in [1.165, 1.54) is 14.2 Å². The van der Waals surface area contributed by atoms with Crippen LogP contribution in [0, 0.1) is 5.41 Å². The summed E-state index contributed by atoms with van der Waals surface area (Å²) in [7, 11) is 2.86. The van der Waals surface area contributed by atoms with Gasteiger partial charge >= 0.3 is 0 Å². The monoisotopic (exact) mass is 181 g/mol. The topological polar surface area (TPSA) is 69.4 Å². The van der Waals surface area contributed by atoms with Crippen molar-refractivity contribution < 1.29 is 9.94 Å². The van der Waals surface area contributed by atoms with E-state index in [-0.39, 0.29) is 5.84 Å². The third kappa shape index (κ3) is 2.16. The van der Waals surface area contributed by atoms with E-state index < -0.39 is 0 Å². The van der Waals surface area contributed by atoms with Crippen molar-refractivity contribution in [3.63, 3.8) is 0 Å². The summed E-state index contributed by atoms with van der Waals surface area (Å²) in [5.41, 5.74) is 0.365. The first kappa shape index (κ1) is 9.47. The van der Waals surface area contributed by atoms with Gasteiger partial charge in [0, 0.05) is 13.1 Å². The second kappa shape index (κ2) is 3.86. The van der Waals surface area contributed by atoms with E-state index in [4.69, 9.17) is 15.4 Å². The average molecular weight is 181 g/mol. The molecule has 0 aliphatic carbocycles. The van der Waals surface area contributed by atoms with Gasteiger partial charge in [-0.25, -0.2) is 10.0 Å². The minimum absolute atomic E-state index is 0.0705. The van der Waals surface area contributed by atoms with E-state index in [2.05, 4.69) is 4.98 Å². The molecule has 0 fully saturated rings. The van der Waals surface area contributed by atoms with Crippen molar-refractivity contribution in [1.82, 2.24) is 10.0 Å². The summed E-state index contributed by atoms with van der Waals surface area (Å²) in [6.45, 7) is 0. The molecule has 0 atom stereocenters. The van der Waals surface area contributed by atoms with Crippen molar-refractivity contribution >= 4 is 5.84 Å². The van der Waals surface area contributed by atoms with Crippen molar-refractivity contribution in [1.29, 1.82) is 5.41 Å². The SMILES string of the molecule is COc1cccc(C(=N)N(C)O)n1. The van der Waals surface area contributed by atoms with Gasteiger partial charge in [-0.2, -0.15) is 0 Å². The maximum Gasteiger partial charge on any atom is 0.213 e. The Labute approximate surface area is 76.1 Å². The molecule has 0 saturated carbocycles. The first-order valence-corrected chi connectivity index (χ1v) is 3.67. The van der Waals surface area contributed by atoms with Gasteiger partial charge in [-0.05, 0) is 6.07 Å². The summed E-state index contributed by atoms with van der Waals surface area (Å²) in [6, 6.07) is 5.00. The van der Waals surface area contributed by atoms with E-state index in [0.717, 1.165) is 0 Å². The predicted octanol–water partition coefficient (Wildman–Crippen LogP) is 0.737. The molecule has 1 rings (SSSR count). The number of pyridine rings is 1. The molecule has 1 aromatic rings. The lowest BCUT2D eigenvalue weighted by Gasteiger charge is -2.10. The number of nitrogens with zero attached hydrogens (tertiary/aromatic N) is 2. The Morgan fingerprint density at radius 2 is 2.31 bits per heavy atom. The fourth-order valence-corrected chi connectivity index (χ4v) is 0.826. The smallest absolute Gasteiger partial charge is 0.213 e. The van der Waals surface area contributed by atoms with Gasteiger partial charge in [0.2, 0.25) is 5.88 Å². The first-order chi connectivity index (χ1) is 6.15. The molecular formula is C8H11N3O2. The largest absolute Gasteiger partial charge is 0.481 e. The lowest BCUT2D eigenvalue weighted by molar-refractivity contribution is 0.0131. The highest BCUT2D eigenvalue weighted by Gasteiger charge is 2.06. The minimum Gasteiger partial charge on any atom is -0.481 e. The quantitative estimate of drug-likeness (QED) is 0.401. The number of amidine groups is 1. The molecule has 1 aromatic heterocycles. The lowest BCUT2D eigenvalue weighted by atomic mass is 10.3. The molecule has 0 radical (unpaired) electrons.